The number of nitrogens with zero attached hydrogens (tertiary/aromatic N) is 3. The normalized spacial score (nSPS) is 15.5. The average Bonchev–Trinajstić information content (AvgIpc) is 2.85. The average molecular weight is 445 g/mol. The maximum absolute atomic E-state index is 13.3. The first-order chi connectivity index (χ1) is 16.0. The topological polar surface area (TPSA) is 91.2 Å². The highest BCUT2D eigenvalue weighted by Crippen LogP contribution is 2.24. The zero-order valence-electron chi connectivity index (χ0n) is 18.0. The van der Waals surface area contributed by atoms with E-state index in [-0.39, 0.29) is 11.8 Å². The molecular formula is C25H24FN5O2. The third-order valence-corrected chi connectivity index (χ3v) is 5.38. The Bertz CT molecular complexity index is 1150. The Labute approximate surface area is 191 Å². The number of hydrogen-bond donors (Lipinski definition) is 2. The van der Waals surface area contributed by atoms with Crippen LogP contribution in [0, 0.1) is 5.41 Å². The number of carbonyl (C=O) groups is 1. The second-order valence-electron chi connectivity index (χ2n) is 7.74. The number of halogens is 1. The summed E-state index contributed by atoms with van der Waals surface area (Å²) in [5, 5.41) is 12.0. The van der Waals surface area contributed by atoms with Crippen molar-refractivity contribution in [3.63, 3.8) is 0 Å². The number of para-hydroxylation sites is 1. The van der Waals surface area contributed by atoms with E-state index in [9.17, 15) is 9.18 Å². The fourth-order valence-electron chi connectivity index (χ4n) is 3.74. The van der Waals surface area contributed by atoms with E-state index in [4.69, 9.17) is 10.1 Å². The fraction of sp³-hybridized carbons (Fsp3) is 0.200. The van der Waals surface area contributed by atoms with Crippen LogP contribution in [-0.4, -0.2) is 45.6 Å². The summed E-state index contributed by atoms with van der Waals surface area (Å²) in [6, 6.07) is 16.6. The standard InChI is InChI=1S/C25H24FN5O2/c1-17(26)25(32)31-13-5-6-19(15-31)30-24-22(14-28-16-29-24)23(27)18-9-11-21(12-10-18)33-20-7-3-2-4-8-20/h2-4,7-12,14,16,19,27H,1,5-6,13,15H2,(H,28,29,30)/t19-/m1/s1. The van der Waals surface area contributed by atoms with Gasteiger partial charge in [-0.1, -0.05) is 24.8 Å². The van der Waals surface area contributed by atoms with Crippen LogP contribution in [0.5, 0.6) is 11.5 Å². The minimum atomic E-state index is -0.958. The van der Waals surface area contributed by atoms with E-state index in [1.807, 2.05) is 54.6 Å². The van der Waals surface area contributed by atoms with Crippen LogP contribution in [0.1, 0.15) is 24.0 Å². The van der Waals surface area contributed by atoms with Gasteiger partial charge in [0.05, 0.1) is 11.3 Å². The molecule has 7 nitrogen and oxygen atoms in total. The molecule has 0 spiro atoms. The lowest BCUT2D eigenvalue weighted by Crippen LogP contribution is -2.45. The lowest BCUT2D eigenvalue weighted by molar-refractivity contribution is -0.129. The van der Waals surface area contributed by atoms with E-state index >= 15 is 0 Å². The Morgan fingerprint density at radius 2 is 1.88 bits per heavy atom. The number of likely N-dealkylation sites (tertiary alicyclic amines) is 1. The van der Waals surface area contributed by atoms with Gasteiger partial charge in [0.15, 0.2) is 5.83 Å². The van der Waals surface area contributed by atoms with Crippen molar-refractivity contribution in [3.05, 3.63) is 90.7 Å². The Morgan fingerprint density at radius 3 is 2.61 bits per heavy atom. The van der Waals surface area contributed by atoms with Crippen LogP contribution in [-0.2, 0) is 4.79 Å². The number of amides is 1. The van der Waals surface area contributed by atoms with Crippen LogP contribution in [0.2, 0.25) is 0 Å². The maximum atomic E-state index is 13.3. The predicted octanol–water partition coefficient (Wildman–Crippen LogP) is 4.57. The molecular weight excluding hydrogens is 421 g/mol. The number of hydrogen-bond acceptors (Lipinski definition) is 6. The molecule has 1 saturated heterocycles. The van der Waals surface area contributed by atoms with Crippen LogP contribution < -0.4 is 10.1 Å². The first kappa shape index (κ1) is 22.1. The SMILES string of the molecule is C=C(F)C(=O)N1CCC[C@@H](Nc2ncncc2C(=N)c2ccc(Oc3ccccc3)cc2)C1. The van der Waals surface area contributed by atoms with Crippen LogP contribution >= 0.6 is 0 Å². The smallest absolute Gasteiger partial charge is 0.282 e. The first-order valence-corrected chi connectivity index (χ1v) is 10.6. The van der Waals surface area contributed by atoms with Crippen molar-refractivity contribution in [3.8, 4) is 11.5 Å². The van der Waals surface area contributed by atoms with E-state index in [1.165, 1.54) is 11.2 Å². The Kier molecular flexibility index (Phi) is 6.73. The molecule has 1 aliphatic heterocycles. The molecule has 8 heteroatoms. The van der Waals surface area contributed by atoms with E-state index in [0.29, 0.717) is 35.8 Å². The van der Waals surface area contributed by atoms with E-state index in [2.05, 4.69) is 21.9 Å². The quantitative estimate of drug-likeness (QED) is 0.411. The van der Waals surface area contributed by atoms with Crippen molar-refractivity contribution >= 4 is 17.4 Å². The van der Waals surface area contributed by atoms with E-state index < -0.39 is 11.7 Å². The summed E-state index contributed by atoms with van der Waals surface area (Å²) in [6.45, 7) is 3.93. The van der Waals surface area contributed by atoms with Crippen LogP contribution in [0.4, 0.5) is 10.2 Å². The molecule has 0 saturated carbocycles. The predicted molar refractivity (Wildman–Crippen MR) is 124 cm³/mol. The van der Waals surface area contributed by atoms with Gasteiger partial charge in [0.2, 0.25) is 0 Å². The van der Waals surface area contributed by atoms with Crippen molar-refractivity contribution in [1.82, 2.24) is 14.9 Å². The molecule has 1 atom stereocenters. The number of rotatable bonds is 7. The number of benzene rings is 2. The van der Waals surface area contributed by atoms with Gasteiger partial charge in [-0.15, -0.1) is 0 Å². The van der Waals surface area contributed by atoms with Crippen molar-refractivity contribution in [2.75, 3.05) is 18.4 Å². The van der Waals surface area contributed by atoms with Crippen LogP contribution in [0.25, 0.3) is 0 Å². The summed E-state index contributed by atoms with van der Waals surface area (Å²) in [7, 11) is 0. The Hall–Kier alpha value is -4.07. The number of anilines is 1. The summed E-state index contributed by atoms with van der Waals surface area (Å²) in [5.74, 6) is 0.259. The molecule has 0 bridgehead atoms. The molecule has 2 heterocycles. The summed E-state index contributed by atoms with van der Waals surface area (Å²) in [4.78, 5) is 21.8. The molecule has 2 aromatic carbocycles. The van der Waals surface area contributed by atoms with Crippen molar-refractivity contribution in [1.29, 1.82) is 5.41 Å². The number of ether oxygens (including phenoxy) is 1. The molecule has 33 heavy (non-hydrogen) atoms. The zero-order chi connectivity index (χ0) is 23.2. The van der Waals surface area contributed by atoms with E-state index in [0.717, 1.165) is 18.6 Å². The van der Waals surface area contributed by atoms with Gasteiger partial charge >= 0.3 is 0 Å². The number of carbonyl (C=O) groups excluding carboxylic acids is 1. The summed E-state index contributed by atoms with van der Waals surface area (Å²) in [5.41, 5.74) is 1.47. The van der Waals surface area contributed by atoms with Gasteiger partial charge in [0.25, 0.3) is 5.91 Å². The Balaban J connectivity index is 1.47. The summed E-state index contributed by atoms with van der Waals surface area (Å²) in [6.07, 6.45) is 4.52. The fourth-order valence-corrected chi connectivity index (χ4v) is 3.74. The third-order valence-electron chi connectivity index (χ3n) is 5.38. The lowest BCUT2D eigenvalue weighted by atomic mass is 10.0. The monoisotopic (exact) mass is 445 g/mol. The molecule has 168 valence electrons. The van der Waals surface area contributed by atoms with Gasteiger partial charge in [-0.05, 0) is 49.2 Å². The Morgan fingerprint density at radius 1 is 1.15 bits per heavy atom. The summed E-state index contributed by atoms with van der Waals surface area (Å²) >= 11 is 0. The van der Waals surface area contributed by atoms with Crippen molar-refractivity contribution < 1.29 is 13.9 Å². The molecule has 0 unspecified atom stereocenters. The minimum absolute atomic E-state index is 0.120. The minimum Gasteiger partial charge on any atom is -0.457 e. The number of nitrogens with one attached hydrogen (secondary N) is 2. The highest BCUT2D eigenvalue weighted by Gasteiger charge is 2.26. The molecule has 1 fully saturated rings. The van der Waals surface area contributed by atoms with Gasteiger partial charge in [-0.3, -0.25) is 10.2 Å². The molecule has 0 radical (unpaired) electrons. The molecule has 1 aliphatic rings. The molecule has 1 aromatic heterocycles. The van der Waals surface area contributed by atoms with Gasteiger partial charge in [0, 0.05) is 30.9 Å². The maximum Gasteiger partial charge on any atom is 0.282 e. The van der Waals surface area contributed by atoms with Gasteiger partial charge in [0.1, 0.15) is 23.6 Å². The molecule has 3 aromatic rings. The largest absolute Gasteiger partial charge is 0.457 e. The highest BCUT2D eigenvalue weighted by atomic mass is 19.1. The third kappa shape index (κ3) is 5.41. The van der Waals surface area contributed by atoms with Crippen LogP contribution in [0.15, 0.2) is 79.5 Å². The molecule has 1 amide bonds. The first-order valence-electron chi connectivity index (χ1n) is 10.6. The molecule has 0 aliphatic carbocycles. The van der Waals surface area contributed by atoms with Gasteiger partial charge in [-0.25, -0.2) is 14.4 Å². The van der Waals surface area contributed by atoms with Crippen molar-refractivity contribution in [2.24, 2.45) is 0 Å². The van der Waals surface area contributed by atoms with Crippen LogP contribution in [0.3, 0.4) is 0 Å². The van der Waals surface area contributed by atoms with Crippen molar-refractivity contribution in [2.45, 2.75) is 18.9 Å². The lowest BCUT2D eigenvalue weighted by Gasteiger charge is -2.33. The number of piperidine rings is 1. The highest BCUT2D eigenvalue weighted by molar-refractivity contribution is 6.13. The van der Waals surface area contributed by atoms with Gasteiger partial charge < -0.3 is 15.0 Å². The van der Waals surface area contributed by atoms with E-state index in [1.54, 1.807) is 6.20 Å². The second-order valence-corrected chi connectivity index (χ2v) is 7.74. The second kappa shape index (κ2) is 10.0. The summed E-state index contributed by atoms with van der Waals surface area (Å²) < 4.78 is 19.1. The molecule has 4 rings (SSSR count). The number of aromatic nitrogens is 2. The van der Waals surface area contributed by atoms with Gasteiger partial charge in [-0.2, -0.15) is 0 Å². The molecule has 2 N–H and O–H groups in total. The zero-order valence-corrected chi connectivity index (χ0v) is 18.0.